The van der Waals surface area contributed by atoms with Gasteiger partial charge in [0.25, 0.3) is 0 Å². The van der Waals surface area contributed by atoms with Crippen LogP contribution >= 0.6 is 0 Å². The molecule has 1 heterocycles. The van der Waals surface area contributed by atoms with Gasteiger partial charge in [-0.25, -0.2) is 4.79 Å². The van der Waals surface area contributed by atoms with E-state index >= 15 is 0 Å². The highest BCUT2D eigenvalue weighted by molar-refractivity contribution is 5.84. The summed E-state index contributed by atoms with van der Waals surface area (Å²) in [7, 11) is 0. The summed E-state index contributed by atoms with van der Waals surface area (Å²) in [5.74, 6) is 0.149. The quantitative estimate of drug-likeness (QED) is 0.637. The number of ether oxygens (including phenoxy) is 1. The molecule has 1 amide bonds. The fourth-order valence-corrected chi connectivity index (χ4v) is 1.75. The molecule has 16 heavy (non-hydrogen) atoms. The van der Waals surface area contributed by atoms with Crippen molar-refractivity contribution in [2.45, 2.75) is 52.7 Å². The second-order valence-electron chi connectivity index (χ2n) is 5.55. The van der Waals surface area contributed by atoms with E-state index < -0.39 is 5.60 Å². The fraction of sp³-hybridized carbons (Fsp3) is 0.833. The molecule has 2 atom stereocenters. The topological polar surface area (TPSA) is 46.6 Å². The van der Waals surface area contributed by atoms with E-state index in [0.717, 1.165) is 0 Å². The number of Topliss-reactive ketones (excluding diaryl/α,β-unsaturated/α-hetero) is 1. The highest BCUT2D eigenvalue weighted by Gasteiger charge is 2.34. The molecule has 0 aromatic rings. The minimum atomic E-state index is -0.485. The van der Waals surface area contributed by atoms with Crippen molar-refractivity contribution >= 4 is 11.9 Å². The Morgan fingerprint density at radius 1 is 1.38 bits per heavy atom. The molecule has 1 aliphatic rings. The maximum atomic E-state index is 11.9. The number of carbonyl (C=O) groups excluding carboxylic acids is 2. The van der Waals surface area contributed by atoms with E-state index in [2.05, 4.69) is 0 Å². The van der Waals surface area contributed by atoms with E-state index in [4.69, 9.17) is 4.74 Å². The Labute approximate surface area is 96.9 Å². The first-order valence-corrected chi connectivity index (χ1v) is 5.73. The van der Waals surface area contributed by atoms with Crippen LogP contribution in [0.1, 0.15) is 41.0 Å². The number of piperidine rings is 1. The summed E-state index contributed by atoms with van der Waals surface area (Å²) in [6.45, 7) is 9.73. The van der Waals surface area contributed by atoms with Crippen LogP contribution in [0.4, 0.5) is 4.79 Å². The number of likely N-dealkylation sites (tertiary alicyclic amines) is 1. The molecule has 0 radical (unpaired) electrons. The summed E-state index contributed by atoms with van der Waals surface area (Å²) >= 11 is 0. The van der Waals surface area contributed by atoms with Crippen LogP contribution in [0.5, 0.6) is 0 Å². The van der Waals surface area contributed by atoms with Crippen molar-refractivity contribution in [2.24, 2.45) is 5.92 Å². The lowest BCUT2D eigenvalue weighted by molar-refractivity contribution is -0.126. The number of rotatable bonds is 0. The van der Waals surface area contributed by atoms with Gasteiger partial charge in [0, 0.05) is 24.9 Å². The first-order valence-electron chi connectivity index (χ1n) is 5.73. The lowest BCUT2D eigenvalue weighted by Crippen LogP contribution is -2.50. The summed E-state index contributed by atoms with van der Waals surface area (Å²) in [5.41, 5.74) is -0.485. The van der Waals surface area contributed by atoms with Crippen molar-refractivity contribution in [3.63, 3.8) is 0 Å². The van der Waals surface area contributed by atoms with Crippen molar-refractivity contribution < 1.29 is 14.3 Å². The monoisotopic (exact) mass is 227 g/mol. The van der Waals surface area contributed by atoms with E-state index in [1.165, 1.54) is 0 Å². The Morgan fingerprint density at radius 3 is 2.44 bits per heavy atom. The molecule has 4 heteroatoms. The van der Waals surface area contributed by atoms with Gasteiger partial charge in [-0.05, 0) is 27.7 Å². The average molecular weight is 227 g/mol. The Bertz CT molecular complexity index is 293. The normalized spacial score (nSPS) is 26.8. The van der Waals surface area contributed by atoms with Crippen LogP contribution in [0.3, 0.4) is 0 Å². The van der Waals surface area contributed by atoms with Gasteiger partial charge in [-0.3, -0.25) is 4.79 Å². The maximum Gasteiger partial charge on any atom is 0.410 e. The number of nitrogens with zero attached hydrogens (tertiary/aromatic N) is 1. The zero-order valence-electron chi connectivity index (χ0n) is 10.7. The molecule has 0 saturated carbocycles. The molecule has 0 aromatic carbocycles. The molecule has 1 aliphatic heterocycles. The van der Waals surface area contributed by atoms with Crippen molar-refractivity contribution in [3.05, 3.63) is 0 Å². The predicted molar refractivity (Wildman–Crippen MR) is 61.2 cm³/mol. The van der Waals surface area contributed by atoms with Crippen LogP contribution in [0.2, 0.25) is 0 Å². The van der Waals surface area contributed by atoms with Crippen molar-refractivity contribution in [3.8, 4) is 0 Å². The molecule has 0 aromatic heterocycles. The van der Waals surface area contributed by atoms with E-state index in [1.807, 2.05) is 34.6 Å². The van der Waals surface area contributed by atoms with Crippen molar-refractivity contribution in [1.29, 1.82) is 0 Å². The third-order valence-corrected chi connectivity index (χ3v) is 2.68. The Hall–Kier alpha value is -1.06. The fourth-order valence-electron chi connectivity index (χ4n) is 1.75. The summed E-state index contributed by atoms with van der Waals surface area (Å²) in [5, 5.41) is 0. The highest BCUT2D eigenvalue weighted by Crippen LogP contribution is 2.21. The van der Waals surface area contributed by atoms with Crippen LogP contribution in [0, 0.1) is 5.92 Å². The number of carbonyl (C=O) groups is 2. The molecule has 1 saturated heterocycles. The van der Waals surface area contributed by atoms with Crippen LogP contribution < -0.4 is 0 Å². The molecule has 0 bridgehead atoms. The lowest BCUT2D eigenvalue weighted by atomic mass is 9.94. The van der Waals surface area contributed by atoms with Gasteiger partial charge in [-0.1, -0.05) is 6.92 Å². The van der Waals surface area contributed by atoms with Crippen molar-refractivity contribution in [1.82, 2.24) is 4.90 Å². The van der Waals surface area contributed by atoms with E-state index in [1.54, 1.807) is 4.90 Å². The Morgan fingerprint density at radius 2 is 1.94 bits per heavy atom. The molecule has 1 fully saturated rings. The molecule has 0 unspecified atom stereocenters. The van der Waals surface area contributed by atoms with Gasteiger partial charge in [0.2, 0.25) is 0 Å². The molecule has 92 valence electrons. The predicted octanol–water partition coefficient (Wildman–Crippen LogP) is 2.22. The van der Waals surface area contributed by atoms with E-state index in [0.29, 0.717) is 13.0 Å². The van der Waals surface area contributed by atoms with Gasteiger partial charge in [-0.15, -0.1) is 0 Å². The third kappa shape index (κ3) is 3.22. The van der Waals surface area contributed by atoms with Gasteiger partial charge in [0.15, 0.2) is 0 Å². The smallest absolute Gasteiger partial charge is 0.410 e. The molecular formula is C12H21NO3. The van der Waals surface area contributed by atoms with Gasteiger partial charge in [-0.2, -0.15) is 0 Å². The van der Waals surface area contributed by atoms with E-state index in [9.17, 15) is 9.59 Å². The molecule has 0 aliphatic carbocycles. The minimum absolute atomic E-state index is 0.0569. The number of ketones is 1. The molecule has 1 rings (SSSR count). The Balaban J connectivity index is 2.66. The Kier molecular flexibility index (Phi) is 3.61. The number of hydrogen-bond donors (Lipinski definition) is 0. The summed E-state index contributed by atoms with van der Waals surface area (Å²) < 4.78 is 5.31. The zero-order valence-corrected chi connectivity index (χ0v) is 10.7. The second kappa shape index (κ2) is 4.44. The molecular weight excluding hydrogens is 206 g/mol. The first kappa shape index (κ1) is 13.0. The van der Waals surface area contributed by atoms with Gasteiger partial charge in [0.05, 0.1) is 0 Å². The number of hydrogen-bond acceptors (Lipinski definition) is 3. The molecule has 0 N–H and O–H groups in total. The summed E-state index contributed by atoms with van der Waals surface area (Å²) in [4.78, 5) is 25.0. The summed E-state index contributed by atoms with van der Waals surface area (Å²) in [6.07, 6.45) is 0.111. The van der Waals surface area contributed by atoms with E-state index in [-0.39, 0.29) is 23.8 Å². The van der Waals surface area contributed by atoms with Crippen molar-refractivity contribution in [2.75, 3.05) is 6.54 Å². The molecule has 4 nitrogen and oxygen atoms in total. The standard InChI is InChI=1S/C12H21NO3/c1-8-7-13(9(2)6-10(8)14)11(15)16-12(3,4)5/h8-9H,6-7H2,1-5H3/t8-,9+/m0/s1. The van der Waals surface area contributed by atoms with Crippen LogP contribution in [0.25, 0.3) is 0 Å². The summed E-state index contributed by atoms with van der Waals surface area (Å²) in [6, 6.07) is -0.0569. The zero-order chi connectivity index (χ0) is 12.5. The lowest BCUT2D eigenvalue weighted by Gasteiger charge is -2.36. The van der Waals surface area contributed by atoms with Gasteiger partial charge in [0.1, 0.15) is 11.4 Å². The van der Waals surface area contributed by atoms with Crippen LogP contribution in [-0.2, 0) is 9.53 Å². The van der Waals surface area contributed by atoms with Gasteiger partial charge < -0.3 is 9.64 Å². The largest absolute Gasteiger partial charge is 0.444 e. The average Bonchev–Trinajstić information content (AvgIpc) is 2.08. The maximum absolute atomic E-state index is 11.9. The van der Waals surface area contributed by atoms with Gasteiger partial charge >= 0.3 is 6.09 Å². The third-order valence-electron chi connectivity index (χ3n) is 2.68. The molecule has 0 spiro atoms. The number of amides is 1. The first-order chi connectivity index (χ1) is 7.20. The van der Waals surface area contributed by atoms with Crippen LogP contribution in [-0.4, -0.2) is 35.0 Å². The van der Waals surface area contributed by atoms with Crippen LogP contribution in [0.15, 0.2) is 0 Å². The minimum Gasteiger partial charge on any atom is -0.444 e. The second-order valence-corrected chi connectivity index (χ2v) is 5.55. The highest BCUT2D eigenvalue weighted by atomic mass is 16.6. The SMILES string of the molecule is C[C@@H]1CC(=O)[C@@H](C)CN1C(=O)OC(C)(C)C.